The van der Waals surface area contributed by atoms with Crippen LogP contribution < -0.4 is 5.32 Å². The highest BCUT2D eigenvalue weighted by Gasteiger charge is 2.54. The van der Waals surface area contributed by atoms with E-state index in [0.29, 0.717) is 22.2 Å². The van der Waals surface area contributed by atoms with Gasteiger partial charge in [0.25, 0.3) is 12.3 Å². The van der Waals surface area contributed by atoms with E-state index < -0.39 is 41.3 Å². The molecule has 12 nitrogen and oxygen atoms in total. The molecule has 2 aromatic heterocycles. The maximum Gasteiger partial charge on any atom is 0.352 e. The first-order valence-electron chi connectivity index (χ1n) is 9.54. The van der Waals surface area contributed by atoms with Crippen LogP contribution >= 0.6 is 23.5 Å². The van der Waals surface area contributed by atoms with Gasteiger partial charge in [0.1, 0.15) is 29.4 Å². The normalized spacial score (nSPS) is 20.2. The van der Waals surface area contributed by atoms with E-state index in [9.17, 15) is 28.3 Å². The molecule has 4 heterocycles. The summed E-state index contributed by atoms with van der Waals surface area (Å²) >= 11 is 2.58. The average molecular weight is 501 g/mol. The number of β-lactam (4-membered cyclic amide) rings is 1. The van der Waals surface area contributed by atoms with Crippen LogP contribution in [0.3, 0.4) is 0 Å². The maximum atomic E-state index is 12.8. The van der Waals surface area contributed by atoms with Gasteiger partial charge in [-0.1, -0.05) is 11.8 Å². The summed E-state index contributed by atoms with van der Waals surface area (Å²) < 4.78 is 28.2. The number of alkyl halides is 2. The van der Waals surface area contributed by atoms with Crippen molar-refractivity contribution >= 4 is 41.3 Å². The summed E-state index contributed by atoms with van der Waals surface area (Å²) in [7, 11) is 1.66. The molecule has 0 bridgehead atoms. The maximum absolute atomic E-state index is 12.8. The van der Waals surface area contributed by atoms with E-state index in [1.807, 2.05) is 0 Å². The quantitative estimate of drug-likeness (QED) is 0.380. The van der Waals surface area contributed by atoms with Gasteiger partial charge in [-0.25, -0.2) is 18.3 Å². The Hall–Kier alpha value is -3.01. The van der Waals surface area contributed by atoms with Crippen LogP contribution in [0, 0.1) is 6.92 Å². The Bertz CT molecular complexity index is 1150. The van der Waals surface area contributed by atoms with Crippen molar-refractivity contribution < 1.29 is 28.3 Å². The molecule has 1 fully saturated rings. The van der Waals surface area contributed by atoms with Gasteiger partial charge in [-0.15, -0.1) is 16.9 Å². The van der Waals surface area contributed by atoms with Crippen LogP contribution in [-0.2, 0) is 28.0 Å². The lowest BCUT2D eigenvalue weighted by atomic mass is 10.0. The van der Waals surface area contributed by atoms with Gasteiger partial charge in [0.15, 0.2) is 0 Å². The van der Waals surface area contributed by atoms with Crippen molar-refractivity contribution in [3.63, 3.8) is 0 Å². The fourth-order valence-corrected chi connectivity index (χ4v) is 5.78. The Morgan fingerprint density at radius 2 is 2.18 bits per heavy atom. The van der Waals surface area contributed by atoms with E-state index in [1.54, 1.807) is 14.0 Å². The molecule has 0 saturated carbocycles. The average Bonchev–Trinajstić information content (AvgIpc) is 3.34. The zero-order valence-electron chi connectivity index (χ0n) is 17.3. The van der Waals surface area contributed by atoms with E-state index in [4.69, 9.17) is 0 Å². The summed E-state index contributed by atoms with van der Waals surface area (Å²) in [6.45, 7) is 1.20. The molecule has 0 unspecified atom stereocenters. The number of hydrogen-bond donors (Lipinski definition) is 2. The van der Waals surface area contributed by atoms with Gasteiger partial charge in [-0.2, -0.15) is 5.10 Å². The monoisotopic (exact) mass is 500 g/mol. The van der Waals surface area contributed by atoms with Crippen molar-refractivity contribution in [1.29, 1.82) is 0 Å². The third-order valence-electron chi connectivity index (χ3n) is 5.04. The van der Waals surface area contributed by atoms with Crippen molar-refractivity contribution in [2.75, 3.05) is 11.5 Å². The van der Waals surface area contributed by atoms with Crippen LogP contribution in [0.2, 0.25) is 0 Å². The second-order valence-corrected chi connectivity index (χ2v) is 9.30. The Balaban J connectivity index is 1.43. The fourth-order valence-electron chi connectivity index (χ4n) is 3.45. The van der Waals surface area contributed by atoms with Crippen molar-refractivity contribution in [2.45, 2.75) is 36.5 Å². The van der Waals surface area contributed by atoms with Gasteiger partial charge in [-0.05, 0) is 29.0 Å². The van der Waals surface area contributed by atoms with Gasteiger partial charge in [0.05, 0.1) is 0 Å². The highest BCUT2D eigenvalue weighted by Crippen LogP contribution is 2.41. The molecular weight excluding hydrogens is 482 g/mol. The summed E-state index contributed by atoms with van der Waals surface area (Å²) in [6.07, 6.45) is -2.76. The number of thioether (sulfide) groups is 2. The van der Waals surface area contributed by atoms with Crippen LogP contribution in [0.1, 0.15) is 17.8 Å². The van der Waals surface area contributed by atoms with Crippen LogP contribution in [0.5, 0.6) is 0 Å². The summed E-state index contributed by atoms with van der Waals surface area (Å²) in [5.74, 6) is -1.75. The molecule has 4 rings (SSSR count). The predicted octanol–water partition coefficient (Wildman–Crippen LogP) is 0.184. The highest BCUT2D eigenvalue weighted by molar-refractivity contribution is 8.01. The fraction of sp³-hybridized carbons (Fsp3) is 0.471. The molecule has 0 spiro atoms. The van der Waals surface area contributed by atoms with Crippen LogP contribution in [0.15, 0.2) is 22.5 Å². The summed E-state index contributed by atoms with van der Waals surface area (Å²) in [6, 6.07) is 0.269. The lowest BCUT2D eigenvalue weighted by Crippen LogP contribution is -2.70. The van der Waals surface area contributed by atoms with Crippen molar-refractivity contribution in [3.05, 3.63) is 28.7 Å². The lowest BCUT2D eigenvalue weighted by Gasteiger charge is -2.49. The van der Waals surface area contributed by atoms with E-state index in [1.165, 1.54) is 39.2 Å². The minimum Gasteiger partial charge on any atom is -0.477 e. The van der Waals surface area contributed by atoms with Crippen LogP contribution in [0.25, 0.3) is 0 Å². The Morgan fingerprint density at radius 1 is 1.42 bits per heavy atom. The number of carboxylic acid groups (broad SMARTS) is 1. The number of tetrazole rings is 1. The topological polar surface area (TPSA) is 148 Å². The molecule has 2 amide bonds. The SMILES string of the molecule is Cc1cc(C(F)F)nn1CC(=O)N[C@@H]1C(=O)N2C(C(=O)O)=C(CSc3nnnn3C)CS[C@@H]12. The first-order chi connectivity index (χ1) is 15.7. The number of carbonyl (C=O) groups is 3. The Morgan fingerprint density at radius 3 is 2.79 bits per heavy atom. The number of aryl methyl sites for hydroxylation is 2. The van der Waals surface area contributed by atoms with E-state index in [2.05, 4.69) is 25.9 Å². The van der Waals surface area contributed by atoms with Gasteiger partial charge >= 0.3 is 5.97 Å². The number of carboxylic acids is 1. The zero-order valence-corrected chi connectivity index (χ0v) is 18.9. The van der Waals surface area contributed by atoms with E-state index in [0.717, 1.165) is 4.68 Å². The number of halogens is 2. The molecule has 2 aliphatic heterocycles. The van der Waals surface area contributed by atoms with Gasteiger partial charge < -0.3 is 10.4 Å². The minimum absolute atomic E-state index is 0.110. The Kier molecular flexibility index (Phi) is 6.38. The number of aromatic nitrogens is 6. The molecule has 0 radical (unpaired) electrons. The standard InChI is InChI=1S/C17H18F2N8O4S2/c1-7-3-9(13(18)19)22-26(7)4-10(28)20-11-14(29)27-12(16(30)31)8(5-32-15(11)27)6-33-17-21-23-24-25(17)2/h3,11,13,15H,4-6H2,1-2H3,(H,20,28)(H,30,31)/t11-,15+/m1/s1. The third-order valence-corrected chi connectivity index (χ3v) is 7.48. The van der Waals surface area contributed by atoms with Gasteiger partial charge in [0, 0.05) is 24.2 Å². The number of fused-ring (bicyclic) bond motifs is 1. The number of nitrogens with one attached hydrogen (secondary N) is 1. The van der Waals surface area contributed by atoms with Crippen LogP contribution in [0.4, 0.5) is 8.78 Å². The zero-order chi connectivity index (χ0) is 23.9. The molecule has 33 heavy (non-hydrogen) atoms. The van der Waals surface area contributed by atoms with Gasteiger partial charge in [-0.3, -0.25) is 19.2 Å². The van der Waals surface area contributed by atoms with Crippen molar-refractivity contribution in [3.8, 4) is 0 Å². The number of aliphatic carboxylic acids is 1. The molecule has 1 saturated heterocycles. The summed E-state index contributed by atoms with van der Waals surface area (Å²) in [4.78, 5) is 38.2. The van der Waals surface area contributed by atoms with E-state index >= 15 is 0 Å². The summed E-state index contributed by atoms with van der Waals surface area (Å²) in [5, 5.41) is 27.0. The molecule has 2 aliphatic rings. The van der Waals surface area contributed by atoms with Crippen molar-refractivity contribution in [2.24, 2.45) is 7.05 Å². The second kappa shape index (κ2) is 9.09. The predicted molar refractivity (Wildman–Crippen MR) is 111 cm³/mol. The molecule has 0 aliphatic carbocycles. The number of carbonyl (C=O) groups excluding carboxylic acids is 2. The molecular formula is C17H18F2N8O4S2. The minimum atomic E-state index is -2.76. The first kappa shape index (κ1) is 23.2. The third kappa shape index (κ3) is 4.44. The molecule has 2 aromatic rings. The first-order valence-corrected chi connectivity index (χ1v) is 11.6. The molecule has 2 atom stereocenters. The molecule has 0 aromatic carbocycles. The largest absolute Gasteiger partial charge is 0.477 e. The highest BCUT2D eigenvalue weighted by atomic mass is 32.2. The number of hydrogen-bond acceptors (Lipinski definition) is 9. The molecule has 16 heteroatoms. The lowest BCUT2D eigenvalue weighted by molar-refractivity contribution is -0.150. The molecule has 176 valence electrons. The smallest absolute Gasteiger partial charge is 0.352 e. The Labute approximate surface area is 193 Å². The number of amides is 2. The second-order valence-electron chi connectivity index (χ2n) is 7.25. The summed E-state index contributed by atoms with van der Waals surface area (Å²) in [5.41, 5.74) is 0.376. The number of nitrogens with zero attached hydrogens (tertiary/aromatic N) is 7. The van der Waals surface area contributed by atoms with Gasteiger partial charge in [0.2, 0.25) is 11.1 Å². The number of rotatable bonds is 8. The van der Waals surface area contributed by atoms with E-state index in [-0.39, 0.29) is 18.0 Å². The molecule has 2 N–H and O–H groups in total. The van der Waals surface area contributed by atoms with Crippen molar-refractivity contribution in [1.82, 2.24) is 40.2 Å². The van der Waals surface area contributed by atoms with Crippen LogP contribution in [-0.4, -0.2) is 80.7 Å².